The number of benzene rings is 1. The molecule has 1 saturated carbocycles. The van der Waals surface area contributed by atoms with Gasteiger partial charge in [0.05, 0.1) is 0 Å². The first kappa shape index (κ1) is 14.1. The topological polar surface area (TPSA) is 26.0 Å². The lowest BCUT2D eigenvalue weighted by Gasteiger charge is -2.34. The number of hydrogen-bond donors (Lipinski definition) is 1. The van der Waals surface area contributed by atoms with Gasteiger partial charge in [0.2, 0.25) is 0 Å². The molecule has 0 radical (unpaired) electrons. The highest BCUT2D eigenvalue weighted by molar-refractivity contribution is 5.35. The van der Waals surface area contributed by atoms with Crippen LogP contribution in [-0.2, 0) is 19.3 Å². The molecule has 2 aliphatic carbocycles. The van der Waals surface area contributed by atoms with Crippen molar-refractivity contribution in [3.05, 3.63) is 34.9 Å². The van der Waals surface area contributed by atoms with Crippen molar-refractivity contribution in [2.45, 2.75) is 70.6 Å². The van der Waals surface area contributed by atoms with E-state index >= 15 is 0 Å². The molecule has 2 N–H and O–H groups in total. The van der Waals surface area contributed by atoms with Crippen molar-refractivity contribution in [1.82, 2.24) is 0 Å². The average molecular weight is 271 g/mol. The Kier molecular flexibility index (Phi) is 4.45. The predicted molar refractivity (Wildman–Crippen MR) is 86.0 cm³/mol. The van der Waals surface area contributed by atoms with E-state index < -0.39 is 0 Å². The molecular weight excluding hydrogens is 242 g/mol. The summed E-state index contributed by atoms with van der Waals surface area (Å²) in [4.78, 5) is 0. The fourth-order valence-corrected chi connectivity index (χ4v) is 4.28. The van der Waals surface area contributed by atoms with E-state index in [2.05, 4.69) is 18.2 Å². The van der Waals surface area contributed by atoms with Crippen LogP contribution < -0.4 is 5.73 Å². The molecule has 1 heteroatoms. The first-order chi connectivity index (χ1) is 9.81. The summed E-state index contributed by atoms with van der Waals surface area (Å²) in [6.45, 7) is 0.865. The van der Waals surface area contributed by atoms with E-state index in [1.54, 1.807) is 11.1 Å². The Morgan fingerprint density at radius 3 is 2.30 bits per heavy atom. The second-order valence-electron chi connectivity index (χ2n) is 7.11. The molecule has 0 aromatic heterocycles. The molecule has 2 aliphatic rings. The molecule has 0 atom stereocenters. The first-order valence-corrected chi connectivity index (χ1v) is 8.62. The van der Waals surface area contributed by atoms with Crippen molar-refractivity contribution in [2.24, 2.45) is 11.1 Å². The van der Waals surface area contributed by atoms with E-state index in [4.69, 9.17) is 5.73 Å². The monoisotopic (exact) mass is 271 g/mol. The molecule has 110 valence electrons. The van der Waals surface area contributed by atoms with Crippen LogP contribution in [0, 0.1) is 5.41 Å². The second-order valence-corrected chi connectivity index (χ2v) is 7.11. The Morgan fingerprint density at radius 2 is 1.55 bits per heavy atom. The number of rotatable bonds is 3. The maximum absolute atomic E-state index is 6.22. The molecular formula is C19H29N. The highest BCUT2D eigenvalue weighted by atomic mass is 14.6. The average Bonchev–Trinajstić information content (AvgIpc) is 2.89. The third-order valence-electron chi connectivity index (χ3n) is 5.59. The Labute approximate surface area is 124 Å². The van der Waals surface area contributed by atoms with E-state index in [1.807, 2.05) is 0 Å². The van der Waals surface area contributed by atoms with Gasteiger partial charge in [-0.15, -0.1) is 0 Å². The van der Waals surface area contributed by atoms with Gasteiger partial charge in [-0.2, -0.15) is 0 Å². The summed E-state index contributed by atoms with van der Waals surface area (Å²) >= 11 is 0. The highest BCUT2D eigenvalue weighted by Crippen LogP contribution is 2.37. The molecule has 1 nitrogen and oxygen atoms in total. The highest BCUT2D eigenvalue weighted by Gasteiger charge is 2.29. The van der Waals surface area contributed by atoms with Crippen molar-refractivity contribution in [2.75, 3.05) is 6.54 Å². The fraction of sp³-hybridized carbons (Fsp3) is 0.684. The molecule has 0 spiro atoms. The van der Waals surface area contributed by atoms with Crippen molar-refractivity contribution < 1.29 is 0 Å². The van der Waals surface area contributed by atoms with E-state index in [0.29, 0.717) is 5.41 Å². The van der Waals surface area contributed by atoms with Crippen LogP contribution in [0.3, 0.4) is 0 Å². The number of fused-ring (bicyclic) bond motifs is 1. The molecule has 0 unspecified atom stereocenters. The maximum Gasteiger partial charge on any atom is -0.00173 e. The molecule has 0 heterocycles. The van der Waals surface area contributed by atoms with E-state index in [1.165, 1.54) is 76.2 Å². The summed E-state index contributed by atoms with van der Waals surface area (Å²) in [6, 6.07) is 7.24. The van der Waals surface area contributed by atoms with Crippen LogP contribution >= 0.6 is 0 Å². The molecule has 0 saturated heterocycles. The van der Waals surface area contributed by atoms with E-state index in [0.717, 1.165) is 6.54 Å². The lowest BCUT2D eigenvalue weighted by molar-refractivity contribution is 0.217. The van der Waals surface area contributed by atoms with Crippen molar-refractivity contribution >= 4 is 0 Å². The molecule has 1 aromatic rings. The Bertz CT molecular complexity index is 441. The summed E-state index contributed by atoms with van der Waals surface area (Å²) in [6.07, 6.45) is 14.8. The smallest absolute Gasteiger partial charge is 0.00173 e. The van der Waals surface area contributed by atoms with Gasteiger partial charge in [-0.25, -0.2) is 0 Å². The zero-order valence-corrected chi connectivity index (χ0v) is 12.8. The zero-order chi connectivity index (χ0) is 13.8. The van der Waals surface area contributed by atoms with Crippen LogP contribution in [0.5, 0.6) is 0 Å². The van der Waals surface area contributed by atoms with Crippen LogP contribution in [0.15, 0.2) is 18.2 Å². The normalized spacial score (nSPS) is 22.1. The Balaban J connectivity index is 1.75. The minimum Gasteiger partial charge on any atom is -0.330 e. The van der Waals surface area contributed by atoms with Crippen molar-refractivity contribution in [3.63, 3.8) is 0 Å². The largest absolute Gasteiger partial charge is 0.330 e. The third-order valence-corrected chi connectivity index (χ3v) is 5.59. The standard InChI is InChI=1S/C19H29N/c20-15-19(11-4-2-1-3-5-12-19)14-16-9-10-17-7-6-8-18(17)13-16/h9-10,13H,1-8,11-12,14-15,20H2. The lowest BCUT2D eigenvalue weighted by atomic mass is 9.72. The third kappa shape index (κ3) is 3.09. The van der Waals surface area contributed by atoms with Gasteiger partial charge in [0.1, 0.15) is 0 Å². The van der Waals surface area contributed by atoms with Crippen LogP contribution in [0.2, 0.25) is 0 Å². The van der Waals surface area contributed by atoms with Gasteiger partial charge in [0.25, 0.3) is 0 Å². The molecule has 20 heavy (non-hydrogen) atoms. The lowest BCUT2D eigenvalue weighted by Crippen LogP contribution is -2.33. The van der Waals surface area contributed by atoms with E-state index in [9.17, 15) is 0 Å². The van der Waals surface area contributed by atoms with Gasteiger partial charge in [0, 0.05) is 0 Å². The fourth-order valence-electron chi connectivity index (χ4n) is 4.28. The summed E-state index contributed by atoms with van der Waals surface area (Å²) < 4.78 is 0. The molecule has 0 bridgehead atoms. The molecule has 3 rings (SSSR count). The molecule has 1 aromatic carbocycles. The Hall–Kier alpha value is -0.820. The minimum atomic E-state index is 0.382. The van der Waals surface area contributed by atoms with Crippen molar-refractivity contribution in [1.29, 1.82) is 0 Å². The molecule has 0 aliphatic heterocycles. The number of aryl methyl sites for hydroxylation is 2. The van der Waals surface area contributed by atoms with E-state index in [-0.39, 0.29) is 0 Å². The van der Waals surface area contributed by atoms with Crippen LogP contribution in [-0.4, -0.2) is 6.54 Å². The summed E-state index contributed by atoms with van der Waals surface area (Å²) in [5.74, 6) is 0. The van der Waals surface area contributed by atoms with Gasteiger partial charge < -0.3 is 5.73 Å². The van der Waals surface area contributed by atoms with Crippen LogP contribution in [0.1, 0.15) is 68.1 Å². The summed E-state index contributed by atoms with van der Waals surface area (Å²) in [7, 11) is 0. The molecule has 1 fully saturated rings. The zero-order valence-electron chi connectivity index (χ0n) is 12.8. The maximum atomic E-state index is 6.22. The SMILES string of the molecule is NCC1(Cc2ccc3c(c2)CCC3)CCCCCCC1. The van der Waals surface area contributed by atoms with Gasteiger partial charge in [-0.1, -0.05) is 50.3 Å². The number of nitrogens with two attached hydrogens (primary N) is 1. The van der Waals surface area contributed by atoms with Crippen LogP contribution in [0.25, 0.3) is 0 Å². The summed E-state index contributed by atoms with van der Waals surface area (Å²) in [5, 5.41) is 0. The van der Waals surface area contributed by atoms with Gasteiger partial charge in [0.15, 0.2) is 0 Å². The Morgan fingerprint density at radius 1 is 0.850 bits per heavy atom. The van der Waals surface area contributed by atoms with Gasteiger partial charge in [-0.05, 0) is 67.2 Å². The quantitative estimate of drug-likeness (QED) is 0.866. The van der Waals surface area contributed by atoms with Gasteiger partial charge >= 0.3 is 0 Å². The molecule has 0 amide bonds. The second kappa shape index (κ2) is 6.30. The summed E-state index contributed by atoms with van der Waals surface area (Å²) in [5.41, 5.74) is 11.3. The first-order valence-electron chi connectivity index (χ1n) is 8.62. The predicted octanol–water partition coefficient (Wildman–Crippen LogP) is 4.41. The van der Waals surface area contributed by atoms with Crippen molar-refractivity contribution in [3.8, 4) is 0 Å². The minimum absolute atomic E-state index is 0.382. The van der Waals surface area contributed by atoms with Gasteiger partial charge in [-0.3, -0.25) is 0 Å². The number of hydrogen-bond acceptors (Lipinski definition) is 1. The van der Waals surface area contributed by atoms with Crippen LogP contribution in [0.4, 0.5) is 0 Å².